The van der Waals surface area contributed by atoms with Gasteiger partial charge in [-0.05, 0) is 49.9 Å². The second-order valence-corrected chi connectivity index (χ2v) is 6.00. The molecule has 0 amide bonds. The van der Waals surface area contributed by atoms with E-state index in [1.807, 2.05) is 12.1 Å². The van der Waals surface area contributed by atoms with Crippen LogP contribution in [-0.2, 0) is 0 Å². The minimum atomic E-state index is 0.730. The third-order valence-electron chi connectivity index (χ3n) is 4.58. The third-order valence-corrected chi connectivity index (χ3v) is 4.58. The van der Waals surface area contributed by atoms with Crippen molar-refractivity contribution < 1.29 is 0 Å². The zero-order valence-electron chi connectivity index (χ0n) is 11.6. The van der Waals surface area contributed by atoms with Crippen molar-refractivity contribution in [1.82, 2.24) is 5.32 Å². The maximum atomic E-state index is 5.74. The van der Waals surface area contributed by atoms with Crippen LogP contribution in [0.1, 0.15) is 38.5 Å². The van der Waals surface area contributed by atoms with E-state index in [1.54, 1.807) is 0 Å². The van der Waals surface area contributed by atoms with Gasteiger partial charge in [0, 0.05) is 36.5 Å². The SMILES string of the molecule is Nc1ccc(N2CCC(NC3CCCC3)CC2)cc1. The normalized spacial score (nSPS) is 22.0. The van der Waals surface area contributed by atoms with Gasteiger partial charge in [0.05, 0.1) is 0 Å². The fourth-order valence-electron chi connectivity index (χ4n) is 3.42. The first-order chi connectivity index (χ1) is 9.31. The number of piperidine rings is 1. The zero-order valence-corrected chi connectivity index (χ0v) is 11.6. The third kappa shape index (κ3) is 3.21. The molecule has 0 spiro atoms. The van der Waals surface area contributed by atoms with Crippen LogP contribution in [-0.4, -0.2) is 25.2 Å². The van der Waals surface area contributed by atoms with Gasteiger partial charge in [0.2, 0.25) is 0 Å². The van der Waals surface area contributed by atoms with Gasteiger partial charge in [0.25, 0.3) is 0 Å². The highest BCUT2D eigenvalue weighted by atomic mass is 15.1. The molecular formula is C16H25N3. The molecule has 1 heterocycles. The first kappa shape index (κ1) is 12.8. The number of benzene rings is 1. The summed E-state index contributed by atoms with van der Waals surface area (Å²) in [5.41, 5.74) is 7.90. The highest BCUT2D eigenvalue weighted by Gasteiger charge is 2.23. The Labute approximate surface area is 116 Å². The summed E-state index contributed by atoms with van der Waals surface area (Å²) in [7, 11) is 0. The molecule has 0 aromatic heterocycles. The fourth-order valence-corrected chi connectivity index (χ4v) is 3.42. The van der Waals surface area contributed by atoms with Crippen molar-refractivity contribution in [2.24, 2.45) is 0 Å². The minimum absolute atomic E-state index is 0.730. The number of hydrogen-bond acceptors (Lipinski definition) is 3. The predicted octanol–water partition coefficient (Wildman–Crippen LogP) is 2.77. The number of nitrogen functional groups attached to an aromatic ring is 1. The summed E-state index contributed by atoms with van der Waals surface area (Å²) in [5, 5.41) is 3.85. The molecule has 1 saturated heterocycles. The molecule has 0 unspecified atom stereocenters. The van der Waals surface area contributed by atoms with Crippen LogP contribution in [0.4, 0.5) is 11.4 Å². The lowest BCUT2D eigenvalue weighted by molar-refractivity contribution is 0.367. The Kier molecular flexibility index (Phi) is 3.92. The van der Waals surface area contributed by atoms with Crippen LogP contribution >= 0.6 is 0 Å². The molecule has 1 aliphatic heterocycles. The fraction of sp³-hybridized carbons (Fsp3) is 0.625. The van der Waals surface area contributed by atoms with E-state index in [0.29, 0.717) is 0 Å². The van der Waals surface area contributed by atoms with Crippen LogP contribution in [0.3, 0.4) is 0 Å². The van der Waals surface area contributed by atoms with Crippen LogP contribution in [0.2, 0.25) is 0 Å². The number of rotatable bonds is 3. The highest BCUT2D eigenvalue weighted by Crippen LogP contribution is 2.23. The number of nitrogens with zero attached hydrogens (tertiary/aromatic N) is 1. The average Bonchev–Trinajstić information content (AvgIpc) is 2.94. The molecule has 0 atom stereocenters. The molecule has 3 nitrogen and oxygen atoms in total. The van der Waals surface area contributed by atoms with Gasteiger partial charge in [-0.3, -0.25) is 0 Å². The summed E-state index contributed by atoms with van der Waals surface area (Å²) < 4.78 is 0. The first-order valence-electron chi connectivity index (χ1n) is 7.68. The second-order valence-electron chi connectivity index (χ2n) is 6.00. The molecule has 3 rings (SSSR count). The highest BCUT2D eigenvalue weighted by molar-refractivity contribution is 5.53. The molecule has 1 aromatic carbocycles. The number of nitrogens with one attached hydrogen (secondary N) is 1. The van der Waals surface area contributed by atoms with Crippen molar-refractivity contribution in [3.63, 3.8) is 0 Å². The Morgan fingerprint density at radius 3 is 2.11 bits per heavy atom. The Hall–Kier alpha value is -1.22. The molecule has 3 heteroatoms. The molecule has 104 valence electrons. The van der Waals surface area contributed by atoms with Gasteiger partial charge in [-0.15, -0.1) is 0 Å². The molecule has 2 aliphatic rings. The summed E-state index contributed by atoms with van der Waals surface area (Å²) in [4.78, 5) is 2.48. The van der Waals surface area contributed by atoms with Crippen molar-refractivity contribution in [2.75, 3.05) is 23.7 Å². The molecule has 0 radical (unpaired) electrons. The molecule has 19 heavy (non-hydrogen) atoms. The van der Waals surface area contributed by atoms with Crippen LogP contribution in [0.5, 0.6) is 0 Å². The van der Waals surface area contributed by atoms with Crippen LogP contribution in [0, 0.1) is 0 Å². The molecule has 2 fully saturated rings. The monoisotopic (exact) mass is 259 g/mol. The smallest absolute Gasteiger partial charge is 0.0367 e. The Bertz CT molecular complexity index is 387. The molecule has 1 aromatic rings. The maximum Gasteiger partial charge on any atom is 0.0367 e. The van der Waals surface area contributed by atoms with Gasteiger partial charge in [-0.2, -0.15) is 0 Å². The standard InChI is InChI=1S/C16H25N3/c17-13-5-7-16(8-6-13)19-11-9-15(10-12-19)18-14-3-1-2-4-14/h5-8,14-15,18H,1-4,9-12,17H2. The van der Waals surface area contributed by atoms with Gasteiger partial charge in [-0.25, -0.2) is 0 Å². The number of hydrogen-bond donors (Lipinski definition) is 2. The molecule has 0 bridgehead atoms. The summed E-state index contributed by atoms with van der Waals surface area (Å²) in [6, 6.07) is 9.80. The van der Waals surface area contributed by atoms with E-state index in [-0.39, 0.29) is 0 Å². The van der Waals surface area contributed by atoms with Gasteiger partial charge < -0.3 is 16.0 Å². The summed E-state index contributed by atoms with van der Waals surface area (Å²) in [5.74, 6) is 0. The van der Waals surface area contributed by atoms with E-state index < -0.39 is 0 Å². The topological polar surface area (TPSA) is 41.3 Å². The predicted molar refractivity (Wildman–Crippen MR) is 81.5 cm³/mol. The Morgan fingerprint density at radius 1 is 0.895 bits per heavy atom. The second kappa shape index (κ2) is 5.83. The Morgan fingerprint density at radius 2 is 1.47 bits per heavy atom. The lowest BCUT2D eigenvalue weighted by atomic mass is 10.0. The summed E-state index contributed by atoms with van der Waals surface area (Å²) in [6.45, 7) is 2.32. The van der Waals surface area contributed by atoms with Crippen molar-refractivity contribution in [2.45, 2.75) is 50.6 Å². The van der Waals surface area contributed by atoms with Crippen LogP contribution in [0.15, 0.2) is 24.3 Å². The van der Waals surface area contributed by atoms with E-state index in [0.717, 1.165) is 30.9 Å². The Balaban J connectivity index is 1.50. The molecule has 1 saturated carbocycles. The minimum Gasteiger partial charge on any atom is -0.399 e. The van der Waals surface area contributed by atoms with Gasteiger partial charge in [-0.1, -0.05) is 12.8 Å². The van der Waals surface area contributed by atoms with Crippen molar-refractivity contribution in [3.8, 4) is 0 Å². The van der Waals surface area contributed by atoms with Crippen LogP contribution in [0.25, 0.3) is 0 Å². The van der Waals surface area contributed by atoms with Crippen molar-refractivity contribution in [1.29, 1.82) is 0 Å². The average molecular weight is 259 g/mol. The van der Waals surface area contributed by atoms with Crippen molar-refractivity contribution >= 4 is 11.4 Å². The van der Waals surface area contributed by atoms with Gasteiger partial charge in [0.15, 0.2) is 0 Å². The number of nitrogens with two attached hydrogens (primary N) is 1. The van der Waals surface area contributed by atoms with E-state index in [9.17, 15) is 0 Å². The van der Waals surface area contributed by atoms with Gasteiger partial charge >= 0.3 is 0 Å². The van der Waals surface area contributed by atoms with E-state index >= 15 is 0 Å². The lowest BCUT2D eigenvalue weighted by Crippen LogP contribution is -2.45. The zero-order chi connectivity index (χ0) is 13.1. The molecule has 1 aliphatic carbocycles. The van der Waals surface area contributed by atoms with Crippen molar-refractivity contribution in [3.05, 3.63) is 24.3 Å². The van der Waals surface area contributed by atoms with E-state index in [2.05, 4.69) is 22.3 Å². The molecular weight excluding hydrogens is 234 g/mol. The molecule has 3 N–H and O–H groups in total. The lowest BCUT2D eigenvalue weighted by Gasteiger charge is -2.35. The first-order valence-corrected chi connectivity index (χ1v) is 7.68. The largest absolute Gasteiger partial charge is 0.399 e. The van der Waals surface area contributed by atoms with E-state index in [4.69, 9.17) is 5.73 Å². The summed E-state index contributed by atoms with van der Waals surface area (Å²) in [6.07, 6.45) is 8.14. The maximum absolute atomic E-state index is 5.74. The number of anilines is 2. The quantitative estimate of drug-likeness (QED) is 0.820. The van der Waals surface area contributed by atoms with Gasteiger partial charge in [0.1, 0.15) is 0 Å². The van der Waals surface area contributed by atoms with Crippen LogP contribution < -0.4 is 16.0 Å². The summed E-state index contributed by atoms with van der Waals surface area (Å²) >= 11 is 0. The van der Waals surface area contributed by atoms with E-state index in [1.165, 1.54) is 44.2 Å².